The van der Waals surface area contributed by atoms with E-state index in [2.05, 4.69) is 10.3 Å². The van der Waals surface area contributed by atoms with Crippen LogP contribution < -0.4 is 10.9 Å². The molecule has 20 heavy (non-hydrogen) atoms. The number of hydrogen-bond donors (Lipinski definition) is 2. The van der Waals surface area contributed by atoms with Crippen molar-refractivity contribution in [2.24, 2.45) is 5.92 Å². The molecule has 0 saturated carbocycles. The minimum Gasteiger partial charge on any atom is -0.336 e. The molecule has 1 aromatic rings. The molecular weight excluding hydrogens is 254 g/mol. The maximum atomic E-state index is 12.6. The lowest BCUT2D eigenvalue weighted by molar-refractivity contribution is 0.0657. The summed E-state index contributed by atoms with van der Waals surface area (Å²) in [5.41, 5.74) is 0.364. The number of carbonyl (C=O) groups excluding carboxylic acids is 1. The van der Waals surface area contributed by atoms with Gasteiger partial charge in [-0.15, -0.1) is 0 Å². The van der Waals surface area contributed by atoms with Crippen molar-refractivity contribution in [1.29, 1.82) is 0 Å². The van der Waals surface area contributed by atoms with E-state index in [0.717, 1.165) is 32.5 Å². The van der Waals surface area contributed by atoms with Crippen LogP contribution in [0.4, 0.5) is 0 Å². The third-order valence-electron chi connectivity index (χ3n) is 3.83. The molecule has 110 valence electrons. The summed E-state index contributed by atoms with van der Waals surface area (Å²) < 4.78 is 0. The van der Waals surface area contributed by atoms with E-state index in [4.69, 9.17) is 0 Å². The van der Waals surface area contributed by atoms with Gasteiger partial charge in [0.2, 0.25) is 5.56 Å². The summed E-state index contributed by atoms with van der Waals surface area (Å²) in [6.45, 7) is 6.92. The normalized spacial score (nSPS) is 16.4. The lowest BCUT2D eigenvalue weighted by Crippen LogP contribution is -2.43. The highest BCUT2D eigenvalue weighted by molar-refractivity contribution is 5.94. The molecule has 0 bridgehead atoms. The van der Waals surface area contributed by atoms with E-state index < -0.39 is 0 Å². The average Bonchev–Trinajstić information content (AvgIpc) is 2.45. The number of pyridine rings is 1. The van der Waals surface area contributed by atoms with Crippen LogP contribution in [0, 0.1) is 5.92 Å². The predicted octanol–water partition coefficient (Wildman–Crippen LogP) is 1.23. The van der Waals surface area contributed by atoms with Crippen molar-refractivity contribution in [3.05, 3.63) is 34.2 Å². The second-order valence-corrected chi connectivity index (χ2v) is 5.69. The first-order valence-corrected chi connectivity index (χ1v) is 7.28. The van der Waals surface area contributed by atoms with Crippen LogP contribution in [0.15, 0.2) is 23.1 Å². The van der Waals surface area contributed by atoms with Gasteiger partial charge in [-0.3, -0.25) is 9.59 Å². The number of amides is 1. The second kappa shape index (κ2) is 6.70. The molecule has 1 aliphatic heterocycles. The van der Waals surface area contributed by atoms with E-state index in [1.54, 1.807) is 6.07 Å². The first kappa shape index (κ1) is 14.8. The summed E-state index contributed by atoms with van der Waals surface area (Å²) in [4.78, 5) is 28.1. The number of nitrogens with one attached hydrogen (secondary N) is 2. The van der Waals surface area contributed by atoms with Gasteiger partial charge < -0.3 is 15.2 Å². The highest BCUT2D eigenvalue weighted by atomic mass is 16.2. The zero-order chi connectivity index (χ0) is 14.5. The fourth-order valence-electron chi connectivity index (χ4n) is 2.58. The van der Waals surface area contributed by atoms with Crippen LogP contribution >= 0.6 is 0 Å². The summed E-state index contributed by atoms with van der Waals surface area (Å²) in [7, 11) is 0. The third kappa shape index (κ3) is 3.70. The van der Waals surface area contributed by atoms with E-state index in [0.29, 0.717) is 11.5 Å². The van der Waals surface area contributed by atoms with E-state index >= 15 is 0 Å². The van der Waals surface area contributed by atoms with Crippen LogP contribution in [0.25, 0.3) is 0 Å². The Morgan fingerprint density at radius 2 is 2.05 bits per heavy atom. The number of hydrogen-bond acceptors (Lipinski definition) is 3. The Hall–Kier alpha value is -1.62. The van der Waals surface area contributed by atoms with E-state index in [9.17, 15) is 9.59 Å². The molecule has 0 radical (unpaired) electrons. The molecule has 0 spiro atoms. The smallest absolute Gasteiger partial charge is 0.255 e. The van der Waals surface area contributed by atoms with Crippen LogP contribution in [0.3, 0.4) is 0 Å². The molecule has 5 nitrogen and oxygen atoms in total. The second-order valence-electron chi connectivity index (χ2n) is 5.69. The van der Waals surface area contributed by atoms with Crippen LogP contribution in [-0.2, 0) is 0 Å². The SMILES string of the molecule is CC(C)N(CC1CCNCC1)C(=O)c1ccc(=O)[nH]c1. The Bertz CT molecular complexity index is 484. The van der Waals surface area contributed by atoms with Crippen LogP contribution in [0.2, 0.25) is 0 Å². The van der Waals surface area contributed by atoms with Gasteiger partial charge in [-0.1, -0.05) is 0 Å². The predicted molar refractivity (Wildman–Crippen MR) is 78.8 cm³/mol. The maximum absolute atomic E-state index is 12.6. The molecule has 1 fully saturated rings. The van der Waals surface area contributed by atoms with Crippen LogP contribution in [0.5, 0.6) is 0 Å². The van der Waals surface area contributed by atoms with Gasteiger partial charge in [-0.05, 0) is 51.8 Å². The zero-order valence-electron chi connectivity index (χ0n) is 12.2. The molecule has 1 saturated heterocycles. The van der Waals surface area contributed by atoms with Crippen molar-refractivity contribution < 1.29 is 4.79 Å². The highest BCUT2D eigenvalue weighted by Crippen LogP contribution is 2.17. The van der Waals surface area contributed by atoms with Crippen LogP contribution in [-0.4, -0.2) is 41.5 Å². The van der Waals surface area contributed by atoms with Gasteiger partial charge in [0.25, 0.3) is 5.91 Å². The monoisotopic (exact) mass is 277 g/mol. The summed E-state index contributed by atoms with van der Waals surface area (Å²) in [6.07, 6.45) is 3.73. The Balaban J connectivity index is 2.08. The largest absolute Gasteiger partial charge is 0.336 e. The molecule has 2 rings (SSSR count). The van der Waals surface area contributed by atoms with Gasteiger partial charge >= 0.3 is 0 Å². The van der Waals surface area contributed by atoms with E-state index in [-0.39, 0.29) is 17.5 Å². The van der Waals surface area contributed by atoms with Crippen molar-refractivity contribution in [1.82, 2.24) is 15.2 Å². The van der Waals surface area contributed by atoms with Gasteiger partial charge in [-0.2, -0.15) is 0 Å². The Kier molecular flexibility index (Phi) is 4.95. The van der Waals surface area contributed by atoms with Crippen molar-refractivity contribution in [3.8, 4) is 0 Å². The Labute approximate surface area is 119 Å². The van der Waals surface area contributed by atoms with Gasteiger partial charge in [0.05, 0.1) is 5.56 Å². The summed E-state index contributed by atoms with van der Waals surface area (Å²) in [5.74, 6) is 0.556. The number of piperidine rings is 1. The minimum absolute atomic E-state index is 0.00483. The number of carbonyl (C=O) groups is 1. The number of aromatic amines is 1. The molecule has 1 aliphatic rings. The van der Waals surface area contributed by atoms with Crippen LogP contribution in [0.1, 0.15) is 37.0 Å². The molecule has 1 amide bonds. The highest BCUT2D eigenvalue weighted by Gasteiger charge is 2.23. The molecule has 0 aromatic carbocycles. The topological polar surface area (TPSA) is 65.2 Å². The Morgan fingerprint density at radius 1 is 1.35 bits per heavy atom. The van der Waals surface area contributed by atoms with E-state index in [1.807, 2.05) is 18.7 Å². The van der Waals surface area contributed by atoms with Gasteiger partial charge in [0.15, 0.2) is 0 Å². The molecule has 0 aliphatic carbocycles. The average molecular weight is 277 g/mol. The van der Waals surface area contributed by atoms with Crippen molar-refractivity contribution in [2.45, 2.75) is 32.7 Å². The molecular formula is C15H23N3O2. The lowest BCUT2D eigenvalue weighted by atomic mass is 9.96. The standard InChI is InChI=1S/C15H23N3O2/c1-11(2)18(10-12-5-7-16-8-6-12)15(20)13-3-4-14(19)17-9-13/h3-4,9,11-12,16H,5-8,10H2,1-2H3,(H,17,19). The fourth-order valence-corrected chi connectivity index (χ4v) is 2.58. The molecule has 2 heterocycles. The van der Waals surface area contributed by atoms with E-state index in [1.165, 1.54) is 12.3 Å². The number of rotatable bonds is 4. The first-order chi connectivity index (χ1) is 9.58. The van der Waals surface area contributed by atoms with Crippen molar-refractivity contribution in [3.63, 3.8) is 0 Å². The minimum atomic E-state index is -0.184. The maximum Gasteiger partial charge on any atom is 0.255 e. The fraction of sp³-hybridized carbons (Fsp3) is 0.600. The van der Waals surface area contributed by atoms with Gasteiger partial charge in [-0.25, -0.2) is 0 Å². The third-order valence-corrected chi connectivity index (χ3v) is 3.83. The molecule has 1 aromatic heterocycles. The molecule has 5 heteroatoms. The summed E-state index contributed by atoms with van der Waals surface area (Å²) >= 11 is 0. The molecule has 0 atom stereocenters. The lowest BCUT2D eigenvalue weighted by Gasteiger charge is -2.32. The number of aromatic nitrogens is 1. The quantitative estimate of drug-likeness (QED) is 0.870. The zero-order valence-corrected chi connectivity index (χ0v) is 12.2. The number of nitrogens with zero attached hydrogens (tertiary/aromatic N) is 1. The molecule has 0 unspecified atom stereocenters. The first-order valence-electron chi connectivity index (χ1n) is 7.28. The van der Waals surface area contributed by atoms with Gasteiger partial charge in [0.1, 0.15) is 0 Å². The van der Waals surface area contributed by atoms with Crippen molar-refractivity contribution in [2.75, 3.05) is 19.6 Å². The Morgan fingerprint density at radius 3 is 2.60 bits per heavy atom. The summed E-state index contributed by atoms with van der Waals surface area (Å²) in [5, 5.41) is 3.34. The summed E-state index contributed by atoms with van der Waals surface area (Å²) in [6, 6.07) is 3.15. The number of H-pyrrole nitrogens is 1. The molecule has 2 N–H and O–H groups in total. The van der Waals surface area contributed by atoms with Gasteiger partial charge in [0, 0.05) is 24.8 Å². The van der Waals surface area contributed by atoms with Crippen molar-refractivity contribution >= 4 is 5.91 Å².